The van der Waals surface area contributed by atoms with Crippen LogP contribution in [0.15, 0.2) is 30.6 Å². The predicted octanol–water partition coefficient (Wildman–Crippen LogP) is 1.31. The fourth-order valence-electron chi connectivity index (χ4n) is 2.08. The van der Waals surface area contributed by atoms with E-state index >= 15 is 0 Å². The molecule has 0 aliphatic heterocycles. The highest BCUT2D eigenvalue weighted by molar-refractivity contribution is 5.80. The number of carbonyl (C=O) groups is 1. The molecular formula is C14H19N3O2. The highest BCUT2D eigenvalue weighted by Gasteiger charge is 2.09. The number of carbonyl (C=O) groups excluding carboxylic acids is 1. The van der Waals surface area contributed by atoms with E-state index in [4.69, 9.17) is 5.11 Å². The molecule has 5 nitrogen and oxygen atoms in total. The molecule has 1 heterocycles. The Morgan fingerprint density at radius 2 is 2.26 bits per heavy atom. The zero-order valence-electron chi connectivity index (χ0n) is 11.0. The van der Waals surface area contributed by atoms with Gasteiger partial charge in [-0.3, -0.25) is 4.79 Å². The highest BCUT2D eigenvalue weighted by Crippen LogP contribution is 2.11. The number of aliphatic hydroxyl groups excluding tert-OH is 1. The Morgan fingerprint density at radius 3 is 3.05 bits per heavy atom. The number of amides is 1. The van der Waals surface area contributed by atoms with Crippen LogP contribution < -0.4 is 5.32 Å². The third-order valence-corrected chi connectivity index (χ3v) is 3.04. The van der Waals surface area contributed by atoms with Gasteiger partial charge in [-0.25, -0.2) is 4.98 Å². The second kappa shape index (κ2) is 6.33. The lowest BCUT2D eigenvalue weighted by atomic mass is 10.2. The summed E-state index contributed by atoms with van der Waals surface area (Å²) in [6, 6.07) is 7.81. The molecule has 2 N–H and O–H groups in total. The van der Waals surface area contributed by atoms with Crippen molar-refractivity contribution in [2.75, 3.05) is 6.61 Å². The number of hydrogen-bond donors (Lipinski definition) is 2. The van der Waals surface area contributed by atoms with Gasteiger partial charge in [0.2, 0.25) is 5.91 Å². The van der Waals surface area contributed by atoms with Gasteiger partial charge in [-0.2, -0.15) is 0 Å². The van der Waals surface area contributed by atoms with Gasteiger partial charge in [-0.1, -0.05) is 12.1 Å². The molecule has 0 aliphatic carbocycles. The fraction of sp³-hybridized carbons (Fsp3) is 0.429. The van der Waals surface area contributed by atoms with Crippen LogP contribution in [-0.2, 0) is 11.3 Å². The number of aliphatic hydroxyl groups is 1. The molecule has 0 bridgehead atoms. The average Bonchev–Trinajstić information content (AvgIpc) is 2.80. The van der Waals surface area contributed by atoms with Crippen LogP contribution >= 0.6 is 0 Å². The van der Waals surface area contributed by atoms with Crippen LogP contribution in [0.2, 0.25) is 0 Å². The Bertz CT molecular complexity index is 550. The van der Waals surface area contributed by atoms with Gasteiger partial charge in [0, 0.05) is 12.6 Å². The van der Waals surface area contributed by atoms with Crippen molar-refractivity contribution in [1.29, 1.82) is 0 Å². The fourth-order valence-corrected chi connectivity index (χ4v) is 2.08. The normalized spacial score (nSPS) is 12.5. The highest BCUT2D eigenvalue weighted by atomic mass is 16.3. The zero-order valence-corrected chi connectivity index (χ0v) is 11.0. The molecule has 0 saturated carbocycles. The van der Waals surface area contributed by atoms with Gasteiger partial charge >= 0.3 is 0 Å². The number of aromatic nitrogens is 2. The number of imidazole rings is 1. The van der Waals surface area contributed by atoms with E-state index in [9.17, 15) is 4.79 Å². The third-order valence-electron chi connectivity index (χ3n) is 3.04. The van der Waals surface area contributed by atoms with Gasteiger partial charge in [0.1, 0.15) is 6.54 Å². The average molecular weight is 261 g/mol. The van der Waals surface area contributed by atoms with Crippen molar-refractivity contribution in [3.63, 3.8) is 0 Å². The van der Waals surface area contributed by atoms with Crippen LogP contribution in [0.4, 0.5) is 0 Å². The lowest BCUT2D eigenvalue weighted by Crippen LogP contribution is -2.35. The molecule has 1 unspecified atom stereocenters. The molecule has 19 heavy (non-hydrogen) atoms. The molecular weight excluding hydrogens is 242 g/mol. The molecule has 102 valence electrons. The number of nitrogens with one attached hydrogen (secondary N) is 1. The van der Waals surface area contributed by atoms with E-state index in [0.29, 0.717) is 6.42 Å². The Balaban J connectivity index is 1.95. The summed E-state index contributed by atoms with van der Waals surface area (Å²) in [5, 5.41) is 11.7. The minimum Gasteiger partial charge on any atom is -0.396 e. The van der Waals surface area contributed by atoms with Crippen molar-refractivity contribution in [1.82, 2.24) is 14.9 Å². The van der Waals surface area contributed by atoms with Crippen molar-refractivity contribution in [3.8, 4) is 0 Å². The first kappa shape index (κ1) is 13.5. The SMILES string of the molecule is CC(CCCO)NC(=O)Cn1cnc2ccccc21. The monoisotopic (exact) mass is 261 g/mol. The van der Waals surface area contributed by atoms with E-state index < -0.39 is 0 Å². The zero-order chi connectivity index (χ0) is 13.7. The first-order valence-electron chi connectivity index (χ1n) is 6.51. The minimum absolute atomic E-state index is 0.0337. The number of fused-ring (bicyclic) bond motifs is 1. The van der Waals surface area contributed by atoms with Gasteiger partial charge in [0.25, 0.3) is 0 Å². The summed E-state index contributed by atoms with van der Waals surface area (Å²) in [7, 11) is 0. The van der Waals surface area contributed by atoms with Crippen molar-refractivity contribution in [2.45, 2.75) is 32.4 Å². The van der Waals surface area contributed by atoms with E-state index in [1.807, 2.05) is 35.8 Å². The lowest BCUT2D eigenvalue weighted by Gasteiger charge is -2.13. The smallest absolute Gasteiger partial charge is 0.240 e. The van der Waals surface area contributed by atoms with E-state index in [1.165, 1.54) is 0 Å². The second-order valence-electron chi connectivity index (χ2n) is 4.70. The summed E-state index contributed by atoms with van der Waals surface area (Å²) in [6.45, 7) is 2.37. The largest absolute Gasteiger partial charge is 0.396 e. The van der Waals surface area contributed by atoms with E-state index in [-0.39, 0.29) is 25.1 Å². The number of rotatable bonds is 6. The van der Waals surface area contributed by atoms with Crippen LogP contribution in [0, 0.1) is 0 Å². The van der Waals surface area contributed by atoms with Gasteiger partial charge in [-0.15, -0.1) is 0 Å². The predicted molar refractivity (Wildman–Crippen MR) is 73.7 cm³/mol. The van der Waals surface area contributed by atoms with Crippen molar-refractivity contribution in [2.24, 2.45) is 0 Å². The topological polar surface area (TPSA) is 67.2 Å². The van der Waals surface area contributed by atoms with Crippen LogP contribution in [0.5, 0.6) is 0 Å². The number of benzene rings is 1. The first-order valence-corrected chi connectivity index (χ1v) is 6.51. The maximum absolute atomic E-state index is 11.9. The Labute approximate surface area is 112 Å². The molecule has 2 aromatic rings. The summed E-state index contributed by atoms with van der Waals surface area (Å²) in [5.41, 5.74) is 1.85. The summed E-state index contributed by atoms with van der Waals surface area (Å²) < 4.78 is 1.84. The molecule has 0 aliphatic rings. The summed E-state index contributed by atoms with van der Waals surface area (Å²) >= 11 is 0. The first-order chi connectivity index (χ1) is 9.20. The molecule has 1 aromatic heterocycles. The molecule has 0 radical (unpaired) electrons. The van der Waals surface area contributed by atoms with E-state index in [1.54, 1.807) is 6.33 Å². The summed E-state index contributed by atoms with van der Waals surface area (Å²) in [5.74, 6) is -0.0337. The summed E-state index contributed by atoms with van der Waals surface area (Å²) in [4.78, 5) is 16.2. The van der Waals surface area contributed by atoms with Crippen molar-refractivity contribution in [3.05, 3.63) is 30.6 Å². The number of hydrogen-bond acceptors (Lipinski definition) is 3. The van der Waals surface area contributed by atoms with Crippen molar-refractivity contribution < 1.29 is 9.90 Å². The minimum atomic E-state index is -0.0337. The van der Waals surface area contributed by atoms with Gasteiger partial charge in [0.05, 0.1) is 17.4 Å². The molecule has 1 amide bonds. The van der Waals surface area contributed by atoms with Crippen LogP contribution in [0.3, 0.4) is 0 Å². The maximum Gasteiger partial charge on any atom is 0.240 e. The standard InChI is InChI=1S/C14H19N3O2/c1-11(5-4-8-18)16-14(19)9-17-10-15-12-6-2-3-7-13(12)17/h2-3,6-7,10-11,18H,4-5,8-9H2,1H3,(H,16,19). The quantitative estimate of drug-likeness (QED) is 0.824. The molecule has 1 aromatic carbocycles. The summed E-state index contributed by atoms with van der Waals surface area (Å²) in [6.07, 6.45) is 3.17. The number of nitrogens with zero attached hydrogens (tertiary/aromatic N) is 2. The molecule has 0 saturated heterocycles. The Kier molecular flexibility index (Phi) is 4.52. The second-order valence-corrected chi connectivity index (χ2v) is 4.70. The van der Waals surface area contributed by atoms with Gasteiger partial charge in [-0.05, 0) is 31.9 Å². The van der Waals surface area contributed by atoms with Gasteiger partial charge < -0.3 is 15.0 Å². The maximum atomic E-state index is 11.9. The van der Waals surface area contributed by atoms with Crippen LogP contribution in [0.1, 0.15) is 19.8 Å². The van der Waals surface area contributed by atoms with E-state index in [0.717, 1.165) is 17.5 Å². The number of para-hydroxylation sites is 2. The molecule has 2 rings (SSSR count). The third kappa shape index (κ3) is 3.54. The van der Waals surface area contributed by atoms with Crippen molar-refractivity contribution >= 4 is 16.9 Å². The van der Waals surface area contributed by atoms with Crippen LogP contribution in [0.25, 0.3) is 11.0 Å². The van der Waals surface area contributed by atoms with Gasteiger partial charge in [0.15, 0.2) is 0 Å². The van der Waals surface area contributed by atoms with E-state index in [2.05, 4.69) is 10.3 Å². The van der Waals surface area contributed by atoms with Crippen LogP contribution in [-0.4, -0.2) is 33.2 Å². The lowest BCUT2D eigenvalue weighted by molar-refractivity contribution is -0.122. The molecule has 0 fully saturated rings. The molecule has 1 atom stereocenters. The molecule has 5 heteroatoms. The Morgan fingerprint density at radius 1 is 1.47 bits per heavy atom. The Hall–Kier alpha value is -1.88. The molecule has 0 spiro atoms.